The summed E-state index contributed by atoms with van der Waals surface area (Å²) in [7, 11) is 0. The van der Waals surface area contributed by atoms with Crippen LogP contribution in [-0.2, 0) is 6.42 Å². The number of hydrogen-bond acceptors (Lipinski definition) is 2. The number of H-pyrrole nitrogens is 1. The lowest BCUT2D eigenvalue weighted by Crippen LogP contribution is -1.98. The van der Waals surface area contributed by atoms with Crippen LogP contribution in [0.2, 0.25) is 0 Å². The lowest BCUT2D eigenvalue weighted by molar-refractivity contribution is 0.886. The Morgan fingerprint density at radius 3 is 2.35 bits per heavy atom. The van der Waals surface area contributed by atoms with Crippen LogP contribution in [-0.4, -0.2) is 14.8 Å². The van der Waals surface area contributed by atoms with Crippen LogP contribution in [0.3, 0.4) is 0 Å². The fourth-order valence-corrected chi connectivity index (χ4v) is 3.55. The van der Waals surface area contributed by atoms with Crippen molar-refractivity contribution in [1.29, 1.82) is 0 Å². The molecule has 0 radical (unpaired) electrons. The quantitative estimate of drug-likeness (QED) is 0.543. The molecule has 1 fully saturated rings. The normalized spacial score (nSPS) is 13.3. The standard InChI is InChI=1S/C17H17N3S.C5H10/c1-3-13-7-5-8-14(11-13)16-18-19-17(21)20(16)15-9-4-6-12(2)10-15;1-2-4-5-3-1/h4-11H,3H2,1-2H3,(H,19,21);1-5H2. The molecule has 0 amide bonds. The zero-order valence-corrected chi connectivity index (χ0v) is 16.5. The molecule has 4 heteroatoms. The third-order valence-corrected chi connectivity index (χ3v) is 5.05. The largest absolute Gasteiger partial charge is 0.268 e. The Morgan fingerprint density at radius 1 is 1.00 bits per heavy atom. The third-order valence-electron chi connectivity index (χ3n) is 4.78. The van der Waals surface area contributed by atoms with Gasteiger partial charge in [-0.1, -0.05) is 69.4 Å². The van der Waals surface area contributed by atoms with E-state index in [1.807, 2.05) is 16.7 Å². The zero-order chi connectivity index (χ0) is 18.4. The molecule has 136 valence electrons. The van der Waals surface area contributed by atoms with Gasteiger partial charge in [-0.25, -0.2) is 0 Å². The average Bonchev–Trinajstić information content (AvgIpc) is 3.35. The molecule has 1 aromatic heterocycles. The highest BCUT2D eigenvalue weighted by Crippen LogP contribution is 2.23. The number of aromatic nitrogens is 3. The SMILES string of the molecule is C1CCCC1.CCc1cccc(-c2n[nH]c(=S)n2-c2cccc(C)c2)c1. The molecule has 1 heterocycles. The van der Waals surface area contributed by atoms with E-state index in [0.29, 0.717) is 4.77 Å². The van der Waals surface area contributed by atoms with Crippen LogP contribution < -0.4 is 0 Å². The average molecular weight is 366 g/mol. The van der Waals surface area contributed by atoms with Crippen molar-refractivity contribution in [3.63, 3.8) is 0 Å². The van der Waals surface area contributed by atoms with Crippen molar-refractivity contribution >= 4 is 12.2 Å². The third kappa shape index (κ3) is 4.50. The first-order chi connectivity index (χ1) is 12.7. The van der Waals surface area contributed by atoms with E-state index in [4.69, 9.17) is 12.2 Å². The molecule has 0 spiro atoms. The highest BCUT2D eigenvalue weighted by molar-refractivity contribution is 7.71. The van der Waals surface area contributed by atoms with E-state index < -0.39 is 0 Å². The van der Waals surface area contributed by atoms with E-state index in [1.165, 1.54) is 43.2 Å². The van der Waals surface area contributed by atoms with Crippen LogP contribution in [0.15, 0.2) is 48.5 Å². The van der Waals surface area contributed by atoms with Crippen LogP contribution >= 0.6 is 12.2 Å². The second kappa shape index (κ2) is 8.95. The molecule has 26 heavy (non-hydrogen) atoms. The lowest BCUT2D eigenvalue weighted by atomic mass is 10.1. The van der Waals surface area contributed by atoms with E-state index in [-0.39, 0.29) is 0 Å². The van der Waals surface area contributed by atoms with Crippen molar-refractivity contribution in [2.45, 2.75) is 52.4 Å². The molecule has 3 aromatic rings. The number of nitrogens with one attached hydrogen (secondary N) is 1. The van der Waals surface area contributed by atoms with Crippen molar-refractivity contribution in [1.82, 2.24) is 14.8 Å². The van der Waals surface area contributed by atoms with Gasteiger partial charge in [0.05, 0.1) is 5.69 Å². The topological polar surface area (TPSA) is 33.6 Å². The summed E-state index contributed by atoms with van der Waals surface area (Å²) >= 11 is 5.40. The monoisotopic (exact) mass is 365 g/mol. The Kier molecular flexibility index (Phi) is 6.40. The van der Waals surface area contributed by atoms with Gasteiger partial charge in [0, 0.05) is 5.56 Å². The Balaban J connectivity index is 0.000000339. The molecular formula is C22H27N3S. The van der Waals surface area contributed by atoms with Gasteiger partial charge in [-0.05, 0) is 54.9 Å². The summed E-state index contributed by atoms with van der Waals surface area (Å²) in [5, 5.41) is 7.32. The zero-order valence-electron chi connectivity index (χ0n) is 15.7. The Labute approximate surface area is 161 Å². The van der Waals surface area contributed by atoms with Gasteiger partial charge in [0.2, 0.25) is 0 Å². The number of aromatic amines is 1. The maximum Gasteiger partial charge on any atom is 0.200 e. The number of nitrogens with zero attached hydrogens (tertiary/aromatic N) is 2. The van der Waals surface area contributed by atoms with Gasteiger partial charge in [-0.2, -0.15) is 5.10 Å². The highest BCUT2D eigenvalue weighted by Gasteiger charge is 2.11. The number of rotatable bonds is 3. The molecule has 1 N–H and O–H groups in total. The van der Waals surface area contributed by atoms with Crippen LogP contribution in [0.1, 0.15) is 50.2 Å². The second-order valence-electron chi connectivity index (χ2n) is 6.85. The molecule has 2 aromatic carbocycles. The molecule has 0 aliphatic heterocycles. The van der Waals surface area contributed by atoms with Crippen LogP contribution in [0, 0.1) is 11.7 Å². The van der Waals surface area contributed by atoms with Gasteiger partial charge >= 0.3 is 0 Å². The minimum absolute atomic E-state index is 0.609. The first kappa shape index (κ1) is 18.6. The molecule has 1 aliphatic rings. The summed E-state index contributed by atoms with van der Waals surface area (Å²) in [5.74, 6) is 0.848. The molecule has 0 atom stereocenters. The summed E-state index contributed by atoms with van der Waals surface area (Å²) < 4.78 is 2.59. The molecule has 3 nitrogen and oxygen atoms in total. The predicted molar refractivity (Wildman–Crippen MR) is 111 cm³/mol. The van der Waals surface area contributed by atoms with Gasteiger partial charge in [-0.3, -0.25) is 9.67 Å². The summed E-state index contributed by atoms with van der Waals surface area (Å²) in [4.78, 5) is 0. The number of aryl methyl sites for hydroxylation is 2. The first-order valence-corrected chi connectivity index (χ1v) is 9.93. The molecular weight excluding hydrogens is 338 g/mol. The van der Waals surface area contributed by atoms with E-state index in [9.17, 15) is 0 Å². The smallest absolute Gasteiger partial charge is 0.200 e. The van der Waals surface area contributed by atoms with Gasteiger partial charge in [-0.15, -0.1) is 0 Å². The van der Waals surface area contributed by atoms with E-state index in [0.717, 1.165) is 23.5 Å². The Bertz CT molecular complexity index is 896. The van der Waals surface area contributed by atoms with Gasteiger partial charge < -0.3 is 0 Å². The van der Waals surface area contributed by atoms with Gasteiger partial charge in [0.1, 0.15) is 0 Å². The van der Waals surface area contributed by atoms with E-state index >= 15 is 0 Å². The minimum atomic E-state index is 0.609. The second-order valence-corrected chi connectivity index (χ2v) is 7.24. The predicted octanol–water partition coefficient (Wildman–Crippen LogP) is 6.42. The Hall–Kier alpha value is -2.20. The van der Waals surface area contributed by atoms with Crippen LogP contribution in [0.25, 0.3) is 17.1 Å². The van der Waals surface area contributed by atoms with E-state index in [2.05, 4.69) is 60.4 Å². The molecule has 0 bridgehead atoms. The number of benzene rings is 2. The minimum Gasteiger partial charge on any atom is -0.268 e. The maximum atomic E-state index is 5.40. The fraction of sp³-hybridized carbons (Fsp3) is 0.364. The van der Waals surface area contributed by atoms with Crippen molar-refractivity contribution in [3.8, 4) is 17.1 Å². The van der Waals surface area contributed by atoms with Crippen molar-refractivity contribution in [2.24, 2.45) is 0 Å². The first-order valence-electron chi connectivity index (χ1n) is 9.53. The van der Waals surface area contributed by atoms with Crippen molar-refractivity contribution < 1.29 is 0 Å². The molecule has 0 unspecified atom stereocenters. The van der Waals surface area contributed by atoms with Crippen LogP contribution in [0.4, 0.5) is 0 Å². The molecule has 0 saturated heterocycles. The summed E-state index contributed by atoms with van der Waals surface area (Å²) in [6.45, 7) is 4.22. The van der Waals surface area contributed by atoms with Crippen molar-refractivity contribution in [2.75, 3.05) is 0 Å². The summed E-state index contributed by atoms with van der Waals surface area (Å²) in [6.07, 6.45) is 8.50. The molecule has 4 rings (SSSR count). The maximum absolute atomic E-state index is 5.40. The molecule has 1 aliphatic carbocycles. The Morgan fingerprint density at radius 2 is 1.69 bits per heavy atom. The molecule has 1 saturated carbocycles. The summed E-state index contributed by atoms with van der Waals surface area (Å²) in [5.41, 5.74) is 4.59. The highest BCUT2D eigenvalue weighted by atomic mass is 32.1. The van der Waals surface area contributed by atoms with Crippen LogP contribution in [0.5, 0.6) is 0 Å². The van der Waals surface area contributed by atoms with Gasteiger partial charge in [0.15, 0.2) is 10.6 Å². The lowest BCUT2D eigenvalue weighted by Gasteiger charge is -2.08. The summed E-state index contributed by atoms with van der Waals surface area (Å²) in [6, 6.07) is 16.7. The van der Waals surface area contributed by atoms with Gasteiger partial charge in [0.25, 0.3) is 0 Å². The van der Waals surface area contributed by atoms with E-state index in [1.54, 1.807) is 0 Å². The van der Waals surface area contributed by atoms with Crippen molar-refractivity contribution in [3.05, 3.63) is 64.4 Å². The fourth-order valence-electron chi connectivity index (χ4n) is 3.31. The number of hydrogen-bond donors (Lipinski definition) is 1.